The third kappa shape index (κ3) is 4.88. The number of hydrogen-bond acceptors (Lipinski definition) is 3. The fourth-order valence-electron chi connectivity index (χ4n) is 3.72. The maximum Gasteiger partial charge on any atom is 0.197 e. The first-order valence-electron chi connectivity index (χ1n) is 9.18. The molecule has 5 nitrogen and oxygen atoms in total. The van der Waals surface area contributed by atoms with Gasteiger partial charge in [-0.05, 0) is 78.0 Å². The highest BCUT2D eigenvalue weighted by atomic mass is 79.9. The van der Waals surface area contributed by atoms with E-state index in [4.69, 9.17) is 11.5 Å². The third-order valence-electron chi connectivity index (χ3n) is 5.38. The molecule has 0 amide bonds. The number of nitrogens with one attached hydrogen (secondary N) is 2. The lowest BCUT2D eigenvalue weighted by Gasteiger charge is -2.39. The minimum absolute atomic E-state index is 0.583. The zero-order valence-electron chi connectivity index (χ0n) is 14.8. The van der Waals surface area contributed by atoms with Gasteiger partial charge in [-0.1, -0.05) is 34.1 Å². The van der Waals surface area contributed by atoms with Crippen molar-refractivity contribution in [2.24, 2.45) is 28.3 Å². The Labute approximate surface area is 172 Å². The molecule has 0 spiro atoms. The number of aliphatic imine (C=N–C) groups is 1. The van der Waals surface area contributed by atoms with Gasteiger partial charge in [-0.15, -0.1) is 0 Å². The smallest absolute Gasteiger partial charge is 0.197 e. The molecule has 0 saturated heterocycles. The number of nitrogens with zero attached hydrogens (tertiary/aromatic N) is 1. The largest absolute Gasteiger partial charge is 0.334 e. The van der Waals surface area contributed by atoms with Gasteiger partial charge < -0.3 is 22.1 Å². The molecule has 1 aliphatic heterocycles. The number of guanidine groups is 1. The quantitative estimate of drug-likeness (QED) is 0.514. The van der Waals surface area contributed by atoms with Crippen molar-refractivity contribution in [3.8, 4) is 0 Å². The monoisotopic (exact) mass is 483 g/mol. The lowest BCUT2D eigenvalue weighted by molar-refractivity contribution is 0.230. The number of hydrogen-bond donors (Lipinski definition) is 4. The molecule has 1 unspecified atom stereocenters. The van der Waals surface area contributed by atoms with Gasteiger partial charge in [0.15, 0.2) is 5.96 Å². The minimum Gasteiger partial charge on any atom is -0.334 e. The molecule has 1 atom stereocenters. The molecule has 142 valence electrons. The zero-order chi connectivity index (χ0) is 18.6. The van der Waals surface area contributed by atoms with Crippen molar-refractivity contribution in [2.75, 3.05) is 6.54 Å². The summed E-state index contributed by atoms with van der Waals surface area (Å²) < 4.78 is 2.00. The summed E-state index contributed by atoms with van der Waals surface area (Å²) in [6.45, 7) is 1.39. The number of nitrogens with two attached hydrogens (primary N) is 2. The Morgan fingerprint density at radius 1 is 1.12 bits per heavy atom. The summed E-state index contributed by atoms with van der Waals surface area (Å²) >= 11 is 7.19. The van der Waals surface area contributed by atoms with E-state index < -0.39 is 5.66 Å². The maximum atomic E-state index is 6.71. The van der Waals surface area contributed by atoms with Gasteiger partial charge in [0.1, 0.15) is 5.66 Å². The Bertz CT molecular complexity index is 682. The standard InChI is InChI=1S/C19H27Br2N5/c20-16-4-2-1-3-15(16)11-24-18-25-12-17(21)19(23,26-18)9-13-5-7-14(10-22)8-6-13/h1-4,12-14H,5-11,22-23H2,(H2,24,25,26). The van der Waals surface area contributed by atoms with E-state index in [1.54, 1.807) is 0 Å². The van der Waals surface area contributed by atoms with Gasteiger partial charge in [0.2, 0.25) is 0 Å². The van der Waals surface area contributed by atoms with E-state index in [1.807, 2.05) is 24.4 Å². The lowest BCUT2D eigenvalue weighted by atomic mass is 9.78. The molecule has 1 heterocycles. The van der Waals surface area contributed by atoms with E-state index in [1.165, 1.54) is 25.7 Å². The highest BCUT2D eigenvalue weighted by Crippen LogP contribution is 2.35. The van der Waals surface area contributed by atoms with E-state index in [-0.39, 0.29) is 0 Å². The van der Waals surface area contributed by atoms with Crippen molar-refractivity contribution >= 4 is 37.8 Å². The second-order valence-corrected chi connectivity index (χ2v) is 9.02. The van der Waals surface area contributed by atoms with Crippen molar-refractivity contribution in [3.05, 3.63) is 45.0 Å². The van der Waals surface area contributed by atoms with Crippen LogP contribution in [0.4, 0.5) is 0 Å². The SMILES string of the molecule is NCC1CCC(CC2(N)NC(=NCc3ccccc3Br)NC=C2Br)CC1. The van der Waals surface area contributed by atoms with E-state index in [0.717, 1.165) is 27.5 Å². The van der Waals surface area contributed by atoms with Gasteiger partial charge >= 0.3 is 0 Å². The summed E-state index contributed by atoms with van der Waals surface area (Å²) in [6, 6.07) is 8.11. The Balaban J connectivity index is 1.64. The minimum atomic E-state index is -0.613. The van der Waals surface area contributed by atoms with E-state index in [2.05, 4.69) is 53.6 Å². The van der Waals surface area contributed by atoms with Crippen LogP contribution >= 0.6 is 31.9 Å². The van der Waals surface area contributed by atoms with Crippen LogP contribution in [0.5, 0.6) is 0 Å². The molecular weight excluding hydrogens is 458 g/mol. The van der Waals surface area contributed by atoms with Gasteiger partial charge in [0.05, 0.1) is 11.0 Å². The van der Waals surface area contributed by atoms with Crippen LogP contribution in [-0.4, -0.2) is 18.2 Å². The molecule has 1 aromatic rings. The summed E-state index contributed by atoms with van der Waals surface area (Å²) in [6.07, 6.45) is 7.59. The van der Waals surface area contributed by atoms with Crippen molar-refractivity contribution < 1.29 is 0 Å². The van der Waals surface area contributed by atoms with Gasteiger partial charge in [-0.3, -0.25) is 0 Å². The van der Waals surface area contributed by atoms with Crippen LogP contribution in [0.15, 0.2) is 44.4 Å². The molecule has 0 aromatic heterocycles. The summed E-state index contributed by atoms with van der Waals surface area (Å²) in [4.78, 5) is 4.67. The Morgan fingerprint density at radius 3 is 2.50 bits per heavy atom. The van der Waals surface area contributed by atoms with Gasteiger partial charge in [0, 0.05) is 10.7 Å². The summed E-state index contributed by atoms with van der Waals surface area (Å²) in [5.74, 6) is 2.00. The predicted octanol–water partition coefficient (Wildman–Crippen LogP) is 3.54. The Kier molecular flexibility index (Phi) is 6.77. The van der Waals surface area contributed by atoms with Crippen LogP contribution < -0.4 is 22.1 Å². The van der Waals surface area contributed by atoms with Gasteiger partial charge in [-0.25, -0.2) is 4.99 Å². The fourth-order valence-corrected chi connectivity index (χ4v) is 4.50. The van der Waals surface area contributed by atoms with Gasteiger partial charge in [0.25, 0.3) is 0 Å². The van der Waals surface area contributed by atoms with Crippen LogP contribution in [0.1, 0.15) is 37.7 Å². The first-order valence-corrected chi connectivity index (χ1v) is 10.8. The van der Waals surface area contributed by atoms with Crippen molar-refractivity contribution in [3.63, 3.8) is 0 Å². The molecule has 0 bridgehead atoms. The predicted molar refractivity (Wildman–Crippen MR) is 115 cm³/mol. The van der Waals surface area contributed by atoms with E-state index >= 15 is 0 Å². The van der Waals surface area contributed by atoms with Gasteiger partial charge in [-0.2, -0.15) is 0 Å². The Morgan fingerprint density at radius 2 is 1.81 bits per heavy atom. The summed E-state index contributed by atoms with van der Waals surface area (Å²) in [7, 11) is 0. The molecule has 1 aromatic carbocycles. The highest BCUT2D eigenvalue weighted by Gasteiger charge is 2.36. The second-order valence-electron chi connectivity index (χ2n) is 7.32. The topological polar surface area (TPSA) is 88.5 Å². The summed E-state index contributed by atoms with van der Waals surface area (Å²) in [5.41, 5.74) is 13.0. The Hall–Kier alpha value is -0.890. The van der Waals surface area contributed by atoms with Crippen molar-refractivity contribution in [1.82, 2.24) is 10.6 Å². The maximum absolute atomic E-state index is 6.71. The van der Waals surface area contributed by atoms with Crippen LogP contribution in [0.2, 0.25) is 0 Å². The van der Waals surface area contributed by atoms with Crippen LogP contribution in [0.3, 0.4) is 0 Å². The molecule has 1 aliphatic carbocycles. The molecule has 6 N–H and O–H groups in total. The van der Waals surface area contributed by atoms with Crippen LogP contribution in [-0.2, 0) is 6.54 Å². The molecule has 3 rings (SSSR count). The average Bonchev–Trinajstić information content (AvgIpc) is 2.64. The third-order valence-corrected chi connectivity index (χ3v) is 7.09. The summed E-state index contributed by atoms with van der Waals surface area (Å²) in [5, 5.41) is 6.59. The first-order chi connectivity index (χ1) is 12.5. The number of rotatable bonds is 5. The number of halogens is 2. The molecule has 2 aliphatic rings. The molecule has 0 radical (unpaired) electrons. The normalized spacial score (nSPS) is 30.5. The molecule has 1 saturated carbocycles. The number of benzene rings is 1. The second kappa shape index (κ2) is 8.87. The molecule has 7 heteroatoms. The fraction of sp³-hybridized carbons (Fsp3) is 0.526. The van der Waals surface area contributed by atoms with E-state index in [0.29, 0.717) is 24.3 Å². The van der Waals surface area contributed by atoms with Crippen molar-refractivity contribution in [2.45, 2.75) is 44.3 Å². The van der Waals surface area contributed by atoms with Crippen LogP contribution in [0.25, 0.3) is 0 Å². The van der Waals surface area contributed by atoms with Crippen LogP contribution in [0, 0.1) is 11.8 Å². The van der Waals surface area contributed by atoms with E-state index in [9.17, 15) is 0 Å². The molecular formula is C19H27Br2N5. The lowest BCUT2D eigenvalue weighted by Crippen LogP contribution is -2.62. The molecule has 1 fully saturated rings. The highest BCUT2D eigenvalue weighted by molar-refractivity contribution is 9.11. The zero-order valence-corrected chi connectivity index (χ0v) is 18.0. The first kappa shape index (κ1) is 19.9. The van der Waals surface area contributed by atoms with Crippen molar-refractivity contribution in [1.29, 1.82) is 0 Å². The molecule has 26 heavy (non-hydrogen) atoms. The average molecular weight is 485 g/mol.